The van der Waals surface area contributed by atoms with E-state index in [0.717, 1.165) is 0 Å². The number of rotatable bonds is 2. The fourth-order valence-corrected chi connectivity index (χ4v) is 0.206. The maximum absolute atomic E-state index is 11.4. The zero-order valence-corrected chi connectivity index (χ0v) is 4.67. The summed E-state index contributed by atoms with van der Waals surface area (Å²) in [4.78, 5) is 0. The van der Waals surface area contributed by atoms with Crippen LogP contribution in [0.1, 0.15) is 0 Å². The highest BCUT2D eigenvalue weighted by Gasteiger charge is 2.43. The van der Waals surface area contributed by atoms with Crippen molar-refractivity contribution in [2.75, 3.05) is 0 Å². The van der Waals surface area contributed by atoms with Crippen LogP contribution in [0.5, 0.6) is 0 Å². The molecule has 0 aliphatic carbocycles. The molecule has 1 radical (unpaired) electrons. The number of halogens is 5. The van der Waals surface area contributed by atoms with E-state index < -0.39 is 17.9 Å². The van der Waals surface area contributed by atoms with Gasteiger partial charge in [-0.15, -0.1) is 0 Å². The predicted octanol–water partition coefficient (Wildman–Crippen LogP) is 1.99. The van der Waals surface area contributed by atoms with E-state index >= 15 is 0 Å². The van der Waals surface area contributed by atoms with Gasteiger partial charge in [0.25, 0.3) is 6.43 Å². The quantitative estimate of drug-likeness (QED) is 0.490. The summed E-state index contributed by atoms with van der Waals surface area (Å²) in [5.41, 5.74) is 0. The minimum atomic E-state index is -4.33. The average molecular weight is 165 g/mol. The molecule has 0 aromatic rings. The van der Waals surface area contributed by atoms with E-state index in [1.54, 1.807) is 0 Å². The molecule has 0 atom stereocenters. The fraction of sp³-hybridized carbons (Fsp3) is 0.667. The Labute approximate surface area is 53.2 Å². The first-order valence-electron chi connectivity index (χ1n) is 1.77. The summed E-state index contributed by atoms with van der Waals surface area (Å²) >= 11 is 3.98. The van der Waals surface area contributed by atoms with Crippen LogP contribution in [0.25, 0.3) is 0 Å². The summed E-state index contributed by atoms with van der Waals surface area (Å²) in [5, 5.41) is 3.42. The number of alkyl halides is 5. The predicted molar refractivity (Wildman–Crippen MR) is 22.0 cm³/mol. The molecule has 6 heteroatoms. The molecule has 0 unspecified atom stereocenters. The summed E-state index contributed by atoms with van der Waals surface area (Å²) in [7, 11) is 0. The van der Waals surface area contributed by atoms with Crippen LogP contribution in [0.4, 0.5) is 17.6 Å². The standard InChI is InChI=1S/C3H2ClF4O/c4-3(7,8)1(9)2(5)6/h2,9H. The third-order valence-electron chi connectivity index (χ3n) is 0.497. The third kappa shape index (κ3) is 2.86. The molecule has 0 aliphatic heterocycles. The molecule has 55 valence electrons. The molecule has 0 bridgehead atoms. The number of hydrogen-bond donors (Lipinski definition) is 1. The van der Waals surface area contributed by atoms with Crippen LogP contribution in [-0.2, 0) is 0 Å². The molecule has 0 saturated heterocycles. The Balaban J connectivity index is 3.88. The molecule has 0 aromatic heterocycles. The Bertz CT molecular complexity index is 90.3. The Morgan fingerprint density at radius 1 is 1.44 bits per heavy atom. The first-order chi connectivity index (χ1) is 3.85. The number of aliphatic hydroxyl groups is 1. The fourth-order valence-electron chi connectivity index (χ4n) is 0.124. The highest BCUT2D eigenvalue weighted by atomic mass is 35.5. The Hall–Kier alpha value is -0.0300. The Morgan fingerprint density at radius 2 is 1.78 bits per heavy atom. The van der Waals surface area contributed by atoms with Gasteiger partial charge in [0.05, 0.1) is 0 Å². The molecule has 1 N–H and O–H groups in total. The van der Waals surface area contributed by atoms with Crippen LogP contribution >= 0.6 is 11.6 Å². The van der Waals surface area contributed by atoms with Gasteiger partial charge < -0.3 is 5.11 Å². The second-order valence-electron chi connectivity index (χ2n) is 1.18. The van der Waals surface area contributed by atoms with Crippen molar-refractivity contribution < 1.29 is 22.7 Å². The normalized spacial score (nSPS) is 13.3. The van der Waals surface area contributed by atoms with Crippen molar-refractivity contribution in [3.8, 4) is 0 Å². The molecule has 0 rings (SSSR count). The van der Waals surface area contributed by atoms with Gasteiger partial charge in [-0.05, 0) is 11.6 Å². The maximum Gasteiger partial charge on any atom is 0.359 e. The summed E-state index contributed by atoms with van der Waals surface area (Å²) < 4.78 is 44.9. The second-order valence-corrected chi connectivity index (χ2v) is 1.66. The van der Waals surface area contributed by atoms with Crippen LogP contribution in [0.15, 0.2) is 0 Å². The lowest BCUT2D eigenvalue weighted by Crippen LogP contribution is -2.25. The first-order valence-corrected chi connectivity index (χ1v) is 2.14. The summed E-state index contributed by atoms with van der Waals surface area (Å²) in [6.07, 6.45) is -5.92. The molecule has 0 fully saturated rings. The summed E-state index contributed by atoms with van der Waals surface area (Å²) in [5.74, 6) is 0. The molecule has 0 spiro atoms. The minimum absolute atomic E-state index is 2.32. The maximum atomic E-state index is 11.4. The molecular formula is C3H2ClF4O. The van der Waals surface area contributed by atoms with Crippen LogP contribution in [-0.4, -0.2) is 16.9 Å². The van der Waals surface area contributed by atoms with E-state index in [9.17, 15) is 17.6 Å². The van der Waals surface area contributed by atoms with Gasteiger partial charge in [0.15, 0.2) is 0 Å². The molecule has 0 amide bonds. The largest absolute Gasteiger partial charge is 0.375 e. The molecule has 0 heterocycles. The van der Waals surface area contributed by atoms with Crippen LogP contribution in [0.3, 0.4) is 0 Å². The Kier molecular flexibility index (Phi) is 2.69. The van der Waals surface area contributed by atoms with Crippen LogP contribution < -0.4 is 0 Å². The first kappa shape index (κ1) is 8.97. The third-order valence-corrected chi connectivity index (χ3v) is 0.691. The molecule has 9 heavy (non-hydrogen) atoms. The topological polar surface area (TPSA) is 20.2 Å². The molecule has 1 nitrogen and oxygen atoms in total. The lowest BCUT2D eigenvalue weighted by Gasteiger charge is -2.11. The van der Waals surface area contributed by atoms with Crippen molar-refractivity contribution >= 4 is 11.6 Å². The number of aliphatic hydroxyl groups excluding tert-OH is 1. The smallest absolute Gasteiger partial charge is 0.359 e. The SMILES string of the molecule is O[C](C(F)F)C(F)(F)Cl. The molecular weight excluding hydrogens is 163 g/mol. The van der Waals surface area contributed by atoms with Crippen molar-refractivity contribution in [3.05, 3.63) is 6.10 Å². The lowest BCUT2D eigenvalue weighted by molar-refractivity contribution is -0.0401. The van der Waals surface area contributed by atoms with Gasteiger partial charge in [0.2, 0.25) is 6.10 Å². The van der Waals surface area contributed by atoms with E-state index in [4.69, 9.17) is 5.11 Å². The van der Waals surface area contributed by atoms with E-state index in [1.165, 1.54) is 0 Å². The lowest BCUT2D eigenvalue weighted by atomic mass is 10.4. The van der Waals surface area contributed by atoms with Crippen molar-refractivity contribution in [3.63, 3.8) is 0 Å². The van der Waals surface area contributed by atoms with Gasteiger partial charge in [0, 0.05) is 0 Å². The Morgan fingerprint density at radius 3 is 1.78 bits per heavy atom. The van der Waals surface area contributed by atoms with Crippen LogP contribution in [0, 0.1) is 6.10 Å². The average Bonchev–Trinajstić information content (AvgIpc) is 1.62. The second kappa shape index (κ2) is 2.70. The molecule has 0 aromatic carbocycles. The zero-order chi connectivity index (χ0) is 7.65. The highest BCUT2D eigenvalue weighted by Crippen LogP contribution is 2.32. The summed E-state index contributed by atoms with van der Waals surface area (Å²) in [6.45, 7) is 0. The van der Waals surface area contributed by atoms with E-state index in [0.29, 0.717) is 0 Å². The van der Waals surface area contributed by atoms with Crippen molar-refractivity contribution in [1.29, 1.82) is 0 Å². The van der Waals surface area contributed by atoms with E-state index in [-0.39, 0.29) is 0 Å². The van der Waals surface area contributed by atoms with Gasteiger partial charge in [-0.25, -0.2) is 8.78 Å². The van der Waals surface area contributed by atoms with Crippen molar-refractivity contribution in [2.24, 2.45) is 0 Å². The minimum Gasteiger partial charge on any atom is -0.375 e. The summed E-state index contributed by atoms with van der Waals surface area (Å²) in [6, 6.07) is 0. The van der Waals surface area contributed by atoms with Crippen molar-refractivity contribution in [1.82, 2.24) is 0 Å². The van der Waals surface area contributed by atoms with Gasteiger partial charge >= 0.3 is 5.38 Å². The monoisotopic (exact) mass is 165 g/mol. The van der Waals surface area contributed by atoms with Gasteiger partial charge in [-0.1, -0.05) is 0 Å². The van der Waals surface area contributed by atoms with Gasteiger partial charge in [-0.2, -0.15) is 8.78 Å². The van der Waals surface area contributed by atoms with Crippen LogP contribution in [0.2, 0.25) is 0 Å². The number of hydrogen-bond acceptors (Lipinski definition) is 1. The van der Waals surface area contributed by atoms with Crippen molar-refractivity contribution in [2.45, 2.75) is 11.8 Å². The molecule has 0 saturated carbocycles. The zero-order valence-electron chi connectivity index (χ0n) is 3.91. The van der Waals surface area contributed by atoms with E-state index in [1.807, 2.05) is 0 Å². The van der Waals surface area contributed by atoms with E-state index in [2.05, 4.69) is 11.6 Å². The molecule has 0 aliphatic rings. The van der Waals surface area contributed by atoms with Gasteiger partial charge in [-0.3, -0.25) is 0 Å². The van der Waals surface area contributed by atoms with Gasteiger partial charge in [0.1, 0.15) is 0 Å². The highest BCUT2D eigenvalue weighted by molar-refractivity contribution is 6.22.